The third-order valence-electron chi connectivity index (χ3n) is 0.982. The summed E-state index contributed by atoms with van der Waals surface area (Å²) in [6.45, 7) is 0. The van der Waals surface area contributed by atoms with Gasteiger partial charge in [-0.1, -0.05) is 22.6 Å². The molecular formula is C5H5IN2O2. The Kier molecular flexibility index (Phi) is 2.25. The molecule has 0 fully saturated rings. The number of carboxylic acids is 1. The van der Waals surface area contributed by atoms with E-state index < -0.39 is 5.97 Å². The van der Waals surface area contributed by atoms with E-state index >= 15 is 0 Å². The van der Waals surface area contributed by atoms with E-state index in [1.807, 2.05) is 0 Å². The minimum absolute atomic E-state index is 0.0941. The number of alkyl halides is 1. The summed E-state index contributed by atoms with van der Waals surface area (Å²) in [6, 6.07) is 1.47. The topological polar surface area (TPSA) is 55.1 Å². The summed E-state index contributed by atoms with van der Waals surface area (Å²) in [5.74, 6) is -0.983. The Morgan fingerprint density at radius 1 is 1.90 bits per heavy atom. The molecule has 0 aliphatic heterocycles. The molecule has 1 aromatic rings. The van der Waals surface area contributed by atoms with Crippen LogP contribution >= 0.6 is 22.6 Å². The molecule has 1 aromatic heterocycles. The minimum atomic E-state index is -0.983. The molecule has 0 aromatic carbocycles. The number of halogens is 1. The molecule has 1 rings (SSSR count). The second-order valence-corrected chi connectivity index (χ2v) is 2.35. The monoisotopic (exact) mass is 252 g/mol. The van der Waals surface area contributed by atoms with Crippen molar-refractivity contribution in [3.63, 3.8) is 0 Å². The molecule has 0 saturated heterocycles. The molecule has 0 radical (unpaired) electrons. The van der Waals surface area contributed by atoms with E-state index in [9.17, 15) is 4.79 Å². The summed E-state index contributed by atoms with van der Waals surface area (Å²) in [4.78, 5) is 10.3. The van der Waals surface area contributed by atoms with Crippen molar-refractivity contribution in [1.82, 2.24) is 9.78 Å². The van der Waals surface area contributed by atoms with Gasteiger partial charge in [-0.2, -0.15) is 5.10 Å². The van der Waals surface area contributed by atoms with Gasteiger partial charge in [0, 0.05) is 6.20 Å². The molecule has 0 amide bonds. The van der Waals surface area contributed by atoms with Crippen molar-refractivity contribution in [3.05, 3.63) is 18.0 Å². The Morgan fingerprint density at radius 2 is 2.60 bits per heavy atom. The Morgan fingerprint density at radius 3 is 2.90 bits per heavy atom. The van der Waals surface area contributed by atoms with Crippen molar-refractivity contribution in [2.24, 2.45) is 0 Å². The van der Waals surface area contributed by atoms with E-state index in [-0.39, 0.29) is 5.69 Å². The predicted octanol–water partition coefficient (Wildman–Crippen LogP) is 0.974. The number of hydrogen-bond acceptors (Lipinski definition) is 2. The van der Waals surface area contributed by atoms with Gasteiger partial charge < -0.3 is 5.11 Å². The van der Waals surface area contributed by atoms with E-state index in [1.54, 1.807) is 10.9 Å². The molecule has 4 nitrogen and oxygen atoms in total. The molecule has 54 valence electrons. The maximum atomic E-state index is 10.3. The summed E-state index contributed by atoms with van der Waals surface area (Å²) in [7, 11) is 0. The Labute approximate surface area is 71.0 Å². The normalized spacial score (nSPS) is 9.70. The molecule has 0 unspecified atom stereocenters. The lowest BCUT2D eigenvalue weighted by molar-refractivity contribution is 0.0689. The Hall–Kier alpha value is -0.590. The van der Waals surface area contributed by atoms with Crippen LogP contribution < -0.4 is 0 Å². The molecule has 0 bridgehead atoms. The fourth-order valence-electron chi connectivity index (χ4n) is 0.542. The van der Waals surface area contributed by atoms with Gasteiger partial charge in [-0.05, 0) is 6.07 Å². The molecule has 0 aliphatic rings. The van der Waals surface area contributed by atoms with Crippen LogP contribution in [0.3, 0.4) is 0 Å². The number of carbonyl (C=O) groups is 1. The van der Waals surface area contributed by atoms with Crippen LogP contribution in [0, 0.1) is 0 Å². The van der Waals surface area contributed by atoms with Gasteiger partial charge in [0.15, 0.2) is 5.69 Å². The van der Waals surface area contributed by atoms with Crippen molar-refractivity contribution in [3.8, 4) is 0 Å². The summed E-state index contributed by atoms with van der Waals surface area (Å²) < 4.78 is 2.23. The first-order valence-corrected chi connectivity index (χ1v) is 4.09. The zero-order valence-electron chi connectivity index (χ0n) is 4.99. The van der Waals surface area contributed by atoms with Crippen LogP contribution in [0.15, 0.2) is 12.3 Å². The molecule has 5 heteroatoms. The fraction of sp³-hybridized carbons (Fsp3) is 0.200. The van der Waals surface area contributed by atoms with Gasteiger partial charge in [-0.3, -0.25) is 4.68 Å². The van der Waals surface area contributed by atoms with E-state index in [2.05, 4.69) is 27.7 Å². The van der Waals surface area contributed by atoms with Gasteiger partial charge in [-0.25, -0.2) is 4.79 Å². The standard InChI is InChI=1S/C5H5IN2O2/c6-3-8-2-1-4(7-8)5(9)10/h1-2H,3H2,(H,9,10). The molecule has 0 spiro atoms. The molecule has 10 heavy (non-hydrogen) atoms. The van der Waals surface area contributed by atoms with E-state index in [0.717, 1.165) is 0 Å². The van der Waals surface area contributed by atoms with Crippen molar-refractivity contribution in [2.75, 3.05) is 0 Å². The zero-order chi connectivity index (χ0) is 7.56. The lowest BCUT2D eigenvalue weighted by Crippen LogP contribution is -1.99. The number of aromatic nitrogens is 2. The highest BCUT2D eigenvalue weighted by Gasteiger charge is 2.04. The van der Waals surface area contributed by atoms with Gasteiger partial charge in [0.25, 0.3) is 0 Å². The van der Waals surface area contributed by atoms with E-state index in [4.69, 9.17) is 5.11 Å². The van der Waals surface area contributed by atoms with Crippen LogP contribution in [0.5, 0.6) is 0 Å². The highest BCUT2D eigenvalue weighted by atomic mass is 127. The summed E-state index contributed by atoms with van der Waals surface area (Å²) in [5.41, 5.74) is 0.0941. The quantitative estimate of drug-likeness (QED) is 0.630. The van der Waals surface area contributed by atoms with Crippen molar-refractivity contribution >= 4 is 28.6 Å². The number of aromatic carboxylic acids is 1. The third kappa shape index (κ3) is 1.47. The molecule has 1 N–H and O–H groups in total. The third-order valence-corrected chi connectivity index (χ3v) is 1.68. The summed E-state index contributed by atoms with van der Waals surface area (Å²) in [6.07, 6.45) is 1.63. The summed E-state index contributed by atoms with van der Waals surface area (Å²) in [5, 5.41) is 12.2. The molecular weight excluding hydrogens is 247 g/mol. The van der Waals surface area contributed by atoms with Gasteiger partial charge >= 0.3 is 5.97 Å². The maximum Gasteiger partial charge on any atom is 0.356 e. The van der Waals surface area contributed by atoms with Crippen LogP contribution in [0.1, 0.15) is 10.5 Å². The van der Waals surface area contributed by atoms with Gasteiger partial charge in [0.1, 0.15) is 0 Å². The largest absolute Gasteiger partial charge is 0.476 e. The van der Waals surface area contributed by atoms with Crippen LogP contribution in [-0.2, 0) is 4.55 Å². The number of nitrogens with zero attached hydrogens (tertiary/aromatic N) is 2. The molecule has 0 aliphatic carbocycles. The molecule has 1 heterocycles. The van der Waals surface area contributed by atoms with Gasteiger partial charge in [0.05, 0.1) is 4.55 Å². The first kappa shape index (κ1) is 7.52. The minimum Gasteiger partial charge on any atom is -0.476 e. The highest BCUT2D eigenvalue weighted by Crippen LogP contribution is 1.97. The Bertz CT molecular complexity index is 246. The first-order chi connectivity index (χ1) is 4.74. The van der Waals surface area contributed by atoms with Gasteiger partial charge in [0.2, 0.25) is 0 Å². The van der Waals surface area contributed by atoms with Crippen molar-refractivity contribution < 1.29 is 9.90 Å². The average Bonchev–Trinajstić information content (AvgIpc) is 2.34. The first-order valence-electron chi connectivity index (χ1n) is 2.57. The van der Waals surface area contributed by atoms with E-state index in [0.29, 0.717) is 4.55 Å². The van der Waals surface area contributed by atoms with Crippen LogP contribution in [-0.4, -0.2) is 20.9 Å². The lowest BCUT2D eigenvalue weighted by atomic mass is 10.5. The van der Waals surface area contributed by atoms with Crippen LogP contribution in [0.4, 0.5) is 0 Å². The number of carboxylic acid groups (broad SMARTS) is 1. The maximum absolute atomic E-state index is 10.3. The second kappa shape index (κ2) is 3.00. The number of rotatable bonds is 2. The van der Waals surface area contributed by atoms with Crippen molar-refractivity contribution in [1.29, 1.82) is 0 Å². The molecule has 0 atom stereocenters. The average molecular weight is 252 g/mol. The lowest BCUT2D eigenvalue weighted by Gasteiger charge is -1.88. The second-order valence-electron chi connectivity index (χ2n) is 1.67. The predicted molar refractivity (Wildman–Crippen MR) is 43.2 cm³/mol. The van der Waals surface area contributed by atoms with E-state index in [1.165, 1.54) is 6.07 Å². The Balaban J connectivity index is 2.88. The zero-order valence-corrected chi connectivity index (χ0v) is 7.15. The van der Waals surface area contributed by atoms with Crippen LogP contribution in [0.2, 0.25) is 0 Å². The smallest absolute Gasteiger partial charge is 0.356 e. The fourth-order valence-corrected chi connectivity index (χ4v) is 0.922. The van der Waals surface area contributed by atoms with Crippen molar-refractivity contribution in [2.45, 2.75) is 4.55 Å². The number of hydrogen-bond donors (Lipinski definition) is 1. The van der Waals surface area contributed by atoms with Gasteiger partial charge in [-0.15, -0.1) is 0 Å². The summed E-state index contributed by atoms with van der Waals surface area (Å²) >= 11 is 2.10. The molecule has 0 saturated carbocycles. The highest BCUT2D eigenvalue weighted by molar-refractivity contribution is 14.1. The van der Waals surface area contributed by atoms with Crippen LogP contribution in [0.25, 0.3) is 0 Å². The SMILES string of the molecule is O=C(O)c1ccn(CI)n1.